The quantitative estimate of drug-likeness (QED) is 0.280. The average molecular weight is 616 g/mol. The summed E-state index contributed by atoms with van der Waals surface area (Å²) < 4.78 is 25.9. The van der Waals surface area contributed by atoms with Gasteiger partial charge in [0.05, 0.1) is 13.5 Å². The molecule has 0 spiro atoms. The van der Waals surface area contributed by atoms with E-state index in [2.05, 4.69) is 34.3 Å². The lowest BCUT2D eigenvalue weighted by Gasteiger charge is -2.49. The number of ketones is 2. The number of allylic oxidation sites excluding steroid dienone is 5. The van der Waals surface area contributed by atoms with E-state index in [1.165, 1.54) is 19.2 Å². The molecule has 1 heterocycles. The molecule has 238 valence electrons. The second-order valence-electron chi connectivity index (χ2n) is 14.0. The van der Waals surface area contributed by atoms with E-state index < -0.39 is 11.9 Å². The van der Waals surface area contributed by atoms with Gasteiger partial charge in [-0.3, -0.25) is 14.4 Å². The maximum absolute atomic E-state index is 14.1. The Morgan fingerprint density at radius 2 is 1.64 bits per heavy atom. The molecule has 0 atom stereocenters. The minimum atomic E-state index is -0.933. The number of carboxylic acids is 1. The van der Waals surface area contributed by atoms with E-state index in [0.29, 0.717) is 60.3 Å². The van der Waals surface area contributed by atoms with Gasteiger partial charge in [-0.15, -0.1) is 6.58 Å². The van der Waals surface area contributed by atoms with Crippen LogP contribution in [0.25, 0.3) is 0 Å². The van der Waals surface area contributed by atoms with E-state index in [-0.39, 0.29) is 47.8 Å². The number of hydrogen-bond donors (Lipinski definition) is 1. The summed E-state index contributed by atoms with van der Waals surface area (Å²) in [5, 5.41) is 9.63. The standard InChI is InChI=1S/C37H42FNO6/c1-7-9-23-15-24(16-30(44-6)35(23)45-21-22-10-8-11-25(38)14-22)32-33-26(17-36(2,3)19-28(33)40)39(13-12-31(42)43)27-18-37(4,5)20-29(41)34(27)32/h7-8,10-11,14-16,32H,1,9,12-13,17-21H2,2-6H3,(H,42,43). The summed E-state index contributed by atoms with van der Waals surface area (Å²) in [7, 11) is 1.54. The molecule has 8 heteroatoms. The van der Waals surface area contributed by atoms with Gasteiger partial charge in [-0.05, 0) is 59.4 Å². The zero-order valence-electron chi connectivity index (χ0n) is 26.8. The molecule has 0 bridgehead atoms. The van der Waals surface area contributed by atoms with Crippen LogP contribution in [0.5, 0.6) is 11.5 Å². The largest absolute Gasteiger partial charge is 0.493 e. The number of methoxy groups -OCH3 is 1. The molecule has 2 aliphatic carbocycles. The highest BCUT2D eigenvalue weighted by atomic mass is 19.1. The summed E-state index contributed by atoms with van der Waals surface area (Å²) in [5.41, 5.74) is 4.25. The predicted octanol–water partition coefficient (Wildman–Crippen LogP) is 7.30. The number of carbonyl (C=O) groups excluding carboxylic acids is 2. The zero-order chi connectivity index (χ0) is 32.7. The Morgan fingerprint density at radius 1 is 1.02 bits per heavy atom. The molecule has 1 aliphatic heterocycles. The van der Waals surface area contributed by atoms with Crippen LogP contribution in [0.2, 0.25) is 0 Å². The van der Waals surface area contributed by atoms with Gasteiger partial charge < -0.3 is 19.5 Å². The van der Waals surface area contributed by atoms with Crippen LogP contribution in [0, 0.1) is 16.6 Å². The first kappa shape index (κ1) is 32.2. The number of Topliss-reactive ketones (excluding diaryl/α,β-unsaturated/α-hetero) is 2. The van der Waals surface area contributed by atoms with Crippen LogP contribution in [0.4, 0.5) is 4.39 Å². The number of ether oxygens (including phenoxy) is 2. The SMILES string of the molecule is C=CCc1cc(C2C3=C(CC(C)(C)CC3=O)N(CCC(=O)O)C3=C2C(=O)CC(C)(C)C3)cc(OC)c1OCc1cccc(F)c1. The molecule has 0 unspecified atom stereocenters. The molecule has 45 heavy (non-hydrogen) atoms. The summed E-state index contributed by atoms with van der Waals surface area (Å²) in [4.78, 5) is 41.9. The molecule has 5 rings (SSSR count). The number of carboxylic acid groups (broad SMARTS) is 1. The number of hydrogen-bond acceptors (Lipinski definition) is 6. The summed E-state index contributed by atoms with van der Waals surface area (Å²) in [5.74, 6) is -1.06. The molecule has 1 N–H and O–H groups in total. The van der Waals surface area contributed by atoms with Crippen molar-refractivity contribution in [1.82, 2.24) is 4.90 Å². The van der Waals surface area contributed by atoms with Crippen molar-refractivity contribution in [3.05, 3.63) is 94.1 Å². The number of benzene rings is 2. The Morgan fingerprint density at radius 3 is 2.18 bits per heavy atom. The number of rotatable bonds is 10. The third kappa shape index (κ3) is 6.60. The third-order valence-corrected chi connectivity index (χ3v) is 8.91. The molecule has 2 aromatic carbocycles. The van der Waals surface area contributed by atoms with Gasteiger partial charge in [-0.1, -0.05) is 52.0 Å². The van der Waals surface area contributed by atoms with Crippen LogP contribution >= 0.6 is 0 Å². The minimum absolute atomic E-state index is 0.0357. The second kappa shape index (κ2) is 12.3. The van der Waals surface area contributed by atoms with Crippen LogP contribution < -0.4 is 9.47 Å². The topological polar surface area (TPSA) is 93.1 Å². The fraction of sp³-hybridized carbons (Fsp3) is 0.432. The summed E-state index contributed by atoms with van der Waals surface area (Å²) in [6, 6.07) is 9.99. The zero-order valence-corrected chi connectivity index (χ0v) is 26.8. The predicted molar refractivity (Wildman–Crippen MR) is 169 cm³/mol. The van der Waals surface area contributed by atoms with Gasteiger partial charge in [0, 0.05) is 53.4 Å². The third-order valence-electron chi connectivity index (χ3n) is 8.91. The molecule has 0 saturated heterocycles. The van der Waals surface area contributed by atoms with Crippen LogP contribution in [0.15, 0.2) is 71.6 Å². The van der Waals surface area contributed by atoms with Gasteiger partial charge in [0.15, 0.2) is 23.1 Å². The van der Waals surface area contributed by atoms with Crippen molar-refractivity contribution in [1.29, 1.82) is 0 Å². The maximum Gasteiger partial charge on any atom is 0.305 e. The Kier molecular flexibility index (Phi) is 8.80. The van der Waals surface area contributed by atoms with E-state index in [1.807, 2.05) is 17.0 Å². The van der Waals surface area contributed by atoms with E-state index in [0.717, 1.165) is 22.5 Å². The van der Waals surface area contributed by atoms with E-state index in [9.17, 15) is 23.9 Å². The van der Waals surface area contributed by atoms with Gasteiger partial charge >= 0.3 is 5.97 Å². The molecule has 0 amide bonds. The summed E-state index contributed by atoms with van der Waals surface area (Å²) >= 11 is 0. The van der Waals surface area contributed by atoms with Crippen molar-refractivity contribution >= 4 is 17.5 Å². The molecular formula is C37H42FNO6. The van der Waals surface area contributed by atoms with Gasteiger partial charge in [0.1, 0.15) is 12.4 Å². The lowest BCUT2D eigenvalue weighted by Crippen LogP contribution is -2.45. The van der Waals surface area contributed by atoms with Crippen molar-refractivity contribution in [3.8, 4) is 11.5 Å². The second-order valence-corrected chi connectivity index (χ2v) is 14.0. The van der Waals surface area contributed by atoms with Gasteiger partial charge in [0.25, 0.3) is 0 Å². The van der Waals surface area contributed by atoms with E-state index >= 15 is 0 Å². The first-order chi connectivity index (χ1) is 21.2. The molecule has 7 nitrogen and oxygen atoms in total. The van der Waals surface area contributed by atoms with Crippen LogP contribution in [0.1, 0.15) is 82.4 Å². The van der Waals surface area contributed by atoms with E-state index in [4.69, 9.17) is 9.47 Å². The Balaban J connectivity index is 1.70. The summed E-state index contributed by atoms with van der Waals surface area (Å²) in [6.45, 7) is 12.4. The fourth-order valence-electron chi connectivity index (χ4n) is 7.11. The monoisotopic (exact) mass is 615 g/mol. The van der Waals surface area contributed by atoms with Crippen LogP contribution in [-0.4, -0.2) is 41.2 Å². The highest BCUT2D eigenvalue weighted by molar-refractivity contribution is 6.07. The van der Waals surface area contributed by atoms with Crippen molar-refractivity contribution in [2.75, 3.05) is 13.7 Å². The van der Waals surface area contributed by atoms with Crippen LogP contribution in [0.3, 0.4) is 0 Å². The molecule has 0 aromatic heterocycles. The first-order valence-electron chi connectivity index (χ1n) is 15.4. The molecule has 0 fully saturated rings. The highest BCUT2D eigenvalue weighted by Gasteiger charge is 2.49. The van der Waals surface area contributed by atoms with Crippen molar-refractivity contribution in [2.24, 2.45) is 10.8 Å². The highest BCUT2D eigenvalue weighted by Crippen LogP contribution is 2.55. The number of nitrogens with zero attached hydrogens (tertiary/aromatic N) is 1. The average Bonchev–Trinajstić information content (AvgIpc) is 2.93. The molecule has 0 saturated carbocycles. The lowest BCUT2D eigenvalue weighted by molar-refractivity contribution is -0.137. The van der Waals surface area contributed by atoms with Crippen molar-refractivity contribution < 1.29 is 33.4 Å². The van der Waals surface area contributed by atoms with Gasteiger partial charge in [0.2, 0.25) is 0 Å². The number of aliphatic carboxylic acids is 1. The number of halogens is 1. The fourth-order valence-corrected chi connectivity index (χ4v) is 7.11. The van der Waals surface area contributed by atoms with E-state index in [1.54, 1.807) is 18.2 Å². The molecule has 3 aliphatic rings. The van der Waals surface area contributed by atoms with Crippen LogP contribution in [-0.2, 0) is 27.4 Å². The molecular weight excluding hydrogens is 573 g/mol. The Labute approximate surface area is 264 Å². The summed E-state index contributed by atoms with van der Waals surface area (Å²) in [6.07, 6.45) is 3.88. The first-order valence-corrected chi connectivity index (χ1v) is 15.4. The Hall–Kier alpha value is -4.20. The Bertz CT molecular complexity index is 1580. The minimum Gasteiger partial charge on any atom is -0.493 e. The smallest absolute Gasteiger partial charge is 0.305 e. The number of carbonyl (C=O) groups is 3. The molecule has 0 radical (unpaired) electrons. The maximum atomic E-state index is 14.1. The van der Waals surface area contributed by atoms with Gasteiger partial charge in [-0.2, -0.15) is 0 Å². The van der Waals surface area contributed by atoms with Crippen molar-refractivity contribution in [3.63, 3.8) is 0 Å². The normalized spacial score (nSPS) is 19.3. The molecule has 2 aromatic rings. The van der Waals surface area contributed by atoms with Crippen molar-refractivity contribution in [2.45, 2.75) is 78.7 Å². The van der Waals surface area contributed by atoms with Gasteiger partial charge in [-0.25, -0.2) is 4.39 Å². The lowest BCUT2D eigenvalue weighted by atomic mass is 9.63.